The third-order valence-electron chi connectivity index (χ3n) is 3.99. The van der Waals surface area contributed by atoms with Crippen molar-refractivity contribution in [3.05, 3.63) is 53.6 Å². The van der Waals surface area contributed by atoms with Gasteiger partial charge >= 0.3 is 0 Å². The van der Waals surface area contributed by atoms with E-state index < -0.39 is 0 Å². The van der Waals surface area contributed by atoms with Gasteiger partial charge in [0, 0.05) is 6.54 Å². The van der Waals surface area contributed by atoms with Crippen molar-refractivity contribution in [2.45, 2.75) is 25.8 Å². The first-order valence-electron chi connectivity index (χ1n) is 7.85. The van der Waals surface area contributed by atoms with Crippen molar-refractivity contribution in [3.63, 3.8) is 0 Å². The van der Waals surface area contributed by atoms with Crippen LogP contribution in [0.4, 0.5) is 0 Å². The molecule has 124 valence electrons. The number of methoxy groups -OCH3 is 2. The number of hydrogen-bond acceptors (Lipinski definition) is 4. The van der Waals surface area contributed by atoms with Gasteiger partial charge in [-0.2, -0.15) is 0 Å². The smallest absolute Gasteiger partial charge is 0.200 e. The molecule has 0 aromatic heterocycles. The lowest BCUT2D eigenvalue weighted by molar-refractivity contribution is 0.339. The third kappa shape index (κ3) is 4.63. The zero-order valence-corrected chi connectivity index (χ0v) is 14.0. The van der Waals surface area contributed by atoms with E-state index in [1.165, 1.54) is 19.8 Å². The Morgan fingerprint density at radius 3 is 2.22 bits per heavy atom. The fourth-order valence-corrected chi connectivity index (χ4v) is 2.55. The van der Waals surface area contributed by atoms with Crippen LogP contribution in [0.3, 0.4) is 0 Å². The van der Waals surface area contributed by atoms with Crippen molar-refractivity contribution < 1.29 is 14.6 Å². The summed E-state index contributed by atoms with van der Waals surface area (Å²) in [7, 11) is 3.07. The molecule has 2 aromatic carbocycles. The molecule has 0 aliphatic heterocycles. The van der Waals surface area contributed by atoms with Crippen molar-refractivity contribution in [2.75, 3.05) is 20.8 Å². The highest BCUT2D eigenvalue weighted by atomic mass is 16.5. The van der Waals surface area contributed by atoms with Gasteiger partial charge in [-0.1, -0.05) is 37.3 Å². The molecule has 0 heterocycles. The third-order valence-corrected chi connectivity index (χ3v) is 3.99. The first-order valence-corrected chi connectivity index (χ1v) is 7.85. The lowest BCUT2D eigenvalue weighted by Gasteiger charge is -2.14. The molecule has 0 bridgehead atoms. The molecule has 2 rings (SSSR count). The number of aromatic hydroxyl groups is 1. The normalized spacial score (nSPS) is 12.0. The fraction of sp³-hybridized carbons (Fsp3) is 0.368. The Morgan fingerprint density at radius 2 is 1.65 bits per heavy atom. The Labute approximate surface area is 138 Å². The fourth-order valence-electron chi connectivity index (χ4n) is 2.55. The van der Waals surface area contributed by atoms with Crippen molar-refractivity contribution >= 4 is 0 Å². The lowest BCUT2D eigenvalue weighted by atomic mass is 9.98. The van der Waals surface area contributed by atoms with Crippen molar-refractivity contribution in [1.29, 1.82) is 0 Å². The molecule has 2 aromatic rings. The van der Waals surface area contributed by atoms with Crippen LogP contribution in [0, 0.1) is 0 Å². The largest absolute Gasteiger partial charge is 0.502 e. The van der Waals surface area contributed by atoms with E-state index >= 15 is 0 Å². The Balaban J connectivity index is 1.87. The topological polar surface area (TPSA) is 50.7 Å². The maximum absolute atomic E-state index is 9.91. The van der Waals surface area contributed by atoms with Gasteiger partial charge in [0.05, 0.1) is 14.2 Å². The van der Waals surface area contributed by atoms with E-state index in [2.05, 4.69) is 36.5 Å². The monoisotopic (exact) mass is 315 g/mol. The second-order valence-electron chi connectivity index (χ2n) is 5.63. The molecule has 23 heavy (non-hydrogen) atoms. The minimum Gasteiger partial charge on any atom is -0.502 e. The molecule has 0 radical (unpaired) electrons. The van der Waals surface area contributed by atoms with E-state index in [0.29, 0.717) is 24.0 Å². The van der Waals surface area contributed by atoms with E-state index in [9.17, 15) is 5.11 Å². The second kappa shape index (κ2) is 8.44. The van der Waals surface area contributed by atoms with Crippen LogP contribution >= 0.6 is 0 Å². The van der Waals surface area contributed by atoms with Crippen LogP contribution in [0.25, 0.3) is 0 Å². The van der Waals surface area contributed by atoms with Gasteiger partial charge in [0.15, 0.2) is 11.5 Å². The minimum absolute atomic E-state index is 0.0384. The van der Waals surface area contributed by atoms with Gasteiger partial charge < -0.3 is 19.9 Å². The molecule has 0 spiro atoms. The summed E-state index contributed by atoms with van der Waals surface area (Å²) in [5.74, 6) is 1.42. The SMILES string of the molecule is COc1cc(CNCCC(C)c2ccccc2)cc(OC)c1O. The lowest BCUT2D eigenvalue weighted by Crippen LogP contribution is -2.16. The quantitative estimate of drug-likeness (QED) is 0.729. The van der Waals surface area contributed by atoms with Gasteiger partial charge in [-0.15, -0.1) is 0 Å². The summed E-state index contributed by atoms with van der Waals surface area (Å²) in [6, 6.07) is 14.2. The predicted octanol–water partition coefficient (Wildman–Crippen LogP) is 3.69. The number of benzene rings is 2. The number of ether oxygens (including phenoxy) is 2. The Bertz CT molecular complexity index is 588. The molecule has 0 saturated heterocycles. The number of phenolic OH excluding ortho intramolecular Hbond substituents is 1. The molecular formula is C19H25NO3. The van der Waals surface area contributed by atoms with Crippen molar-refractivity contribution in [2.24, 2.45) is 0 Å². The van der Waals surface area contributed by atoms with Gasteiger partial charge in [-0.25, -0.2) is 0 Å². The highest BCUT2D eigenvalue weighted by Crippen LogP contribution is 2.37. The molecule has 2 N–H and O–H groups in total. The van der Waals surface area contributed by atoms with Gasteiger partial charge in [0.25, 0.3) is 0 Å². The van der Waals surface area contributed by atoms with Crippen molar-refractivity contribution in [3.8, 4) is 17.2 Å². The van der Waals surface area contributed by atoms with Crippen LogP contribution in [0.15, 0.2) is 42.5 Å². The minimum atomic E-state index is 0.0384. The summed E-state index contributed by atoms with van der Waals surface area (Å²) >= 11 is 0. The van der Waals surface area contributed by atoms with Crippen LogP contribution in [0.2, 0.25) is 0 Å². The molecule has 0 saturated carbocycles. The van der Waals surface area contributed by atoms with Crippen LogP contribution in [-0.2, 0) is 6.54 Å². The summed E-state index contributed by atoms with van der Waals surface area (Å²) in [5.41, 5.74) is 2.38. The summed E-state index contributed by atoms with van der Waals surface area (Å²) in [6.07, 6.45) is 1.07. The van der Waals surface area contributed by atoms with E-state index in [-0.39, 0.29) is 5.75 Å². The first kappa shape index (κ1) is 17.2. The van der Waals surface area contributed by atoms with E-state index in [4.69, 9.17) is 9.47 Å². The van der Waals surface area contributed by atoms with E-state index in [0.717, 1.165) is 18.5 Å². The molecule has 4 heteroatoms. The Kier molecular flexibility index (Phi) is 6.29. The first-order chi connectivity index (χ1) is 11.2. The van der Waals surface area contributed by atoms with Crippen LogP contribution in [0.1, 0.15) is 30.4 Å². The van der Waals surface area contributed by atoms with E-state index in [1.807, 2.05) is 18.2 Å². The van der Waals surface area contributed by atoms with Crippen LogP contribution in [0.5, 0.6) is 17.2 Å². The maximum Gasteiger partial charge on any atom is 0.200 e. The molecule has 1 atom stereocenters. The molecule has 0 amide bonds. The van der Waals surface area contributed by atoms with Crippen LogP contribution in [-0.4, -0.2) is 25.9 Å². The summed E-state index contributed by atoms with van der Waals surface area (Å²) in [4.78, 5) is 0. The van der Waals surface area contributed by atoms with Gasteiger partial charge in [0.2, 0.25) is 5.75 Å². The molecular weight excluding hydrogens is 290 g/mol. The second-order valence-corrected chi connectivity index (χ2v) is 5.63. The van der Waals surface area contributed by atoms with Crippen LogP contribution < -0.4 is 14.8 Å². The van der Waals surface area contributed by atoms with Gasteiger partial charge in [0.1, 0.15) is 0 Å². The van der Waals surface area contributed by atoms with Crippen molar-refractivity contribution in [1.82, 2.24) is 5.32 Å². The summed E-state index contributed by atoms with van der Waals surface area (Å²) in [6.45, 7) is 3.86. The summed E-state index contributed by atoms with van der Waals surface area (Å²) in [5, 5.41) is 13.3. The standard InChI is InChI=1S/C19H25NO3/c1-14(16-7-5-4-6-8-16)9-10-20-13-15-11-17(22-2)19(21)18(12-15)23-3/h4-8,11-12,14,20-21H,9-10,13H2,1-3H3. The zero-order chi connectivity index (χ0) is 16.7. The molecule has 0 fully saturated rings. The highest BCUT2D eigenvalue weighted by Gasteiger charge is 2.11. The Hall–Kier alpha value is -2.20. The molecule has 0 aliphatic carbocycles. The average Bonchev–Trinajstić information content (AvgIpc) is 2.60. The molecule has 4 nitrogen and oxygen atoms in total. The van der Waals surface area contributed by atoms with E-state index in [1.54, 1.807) is 0 Å². The zero-order valence-electron chi connectivity index (χ0n) is 14.0. The molecule has 0 aliphatic rings. The Morgan fingerprint density at radius 1 is 1.04 bits per heavy atom. The summed E-state index contributed by atoms with van der Waals surface area (Å²) < 4.78 is 10.3. The maximum atomic E-state index is 9.91. The predicted molar refractivity (Wildman–Crippen MR) is 92.4 cm³/mol. The average molecular weight is 315 g/mol. The number of phenols is 1. The number of nitrogens with one attached hydrogen (secondary N) is 1. The highest BCUT2D eigenvalue weighted by molar-refractivity contribution is 5.52. The van der Waals surface area contributed by atoms with Gasteiger partial charge in [-0.3, -0.25) is 0 Å². The number of rotatable bonds is 8. The van der Waals surface area contributed by atoms with Gasteiger partial charge in [-0.05, 0) is 42.1 Å². The molecule has 1 unspecified atom stereocenters. The number of hydrogen-bond donors (Lipinski definition) is 2.